The minimum atomic E-state index is -0.709. The Bertz CT molecular complexity index is 914. The van der Waals surface area contributed by atoms with Gasteiger partial charge in [-0.15, -0.1) is 0 Å². The number of aromatic nitrogens is 1. The van der Waals surface area contributed by atoms with Gasteiger partial charge in [0.05, 0.1) is 25.7 Å². The van der Waals surface area contributed by atoms with Crippen molar-refractivity contribution in [3.05, 3.63) is 41.7 Å². The fraction of sp³-hybridized carbons (Fsp3) is 0.600. The number of hydrogen-bond donors (Lipinski definition) is 1. The van der Waals surface area contributed by atoms with E-state index in [1.807, 2.05) is 6.07 Å². The average Bonchev–Trinajstić information content (AvgIpc) is 3.22. The molecule has 3 heterocycles. The Morgan fingerprint density at radius 2 is 1.91 bits per heavy atom. The largest absolute Gasteiger partial charge is 0.481 e. The van der Waals surface area contributed by atoms with Crippen molar-refractivity contribution < 1.29 is 19.2 Å². The summed E-state index contributed by atoms with van der Waals surface area (Å²) in [4.78, 5) is 16.3. The average molecular weight is 442 g/mol. The number of hydrogen-bond acceptors (Lipinski definition) is 6. The molecule has 2 unspecified atom stereocenters. The van der Waals surface area contributed by atoms with Crippen molar-refractivity contribution in [2.45, 2.75) is 40.3 Å². The fourth-order valence-corrected chi connectivity index (χ4v) is 4.72. The summed E-state index contributed by atoms with van der Waals surface area (Å²) in [7, 11) is 0. The Balaban J connectivity index is 1.43. The number of likely N-dealkylation sites (tertiary alicyclic amines) is 1. The zero-order valence-electron chi connectivity index (χ0n) is 19.4. The lowest BCUT2D eigenvalue weighted by Crippen LogP contribution is -2.46. The number of benzene rings is 1. The molecule has 2 fully saturated rings. The van der Waals surface area contributed by atoms with Gasteiger partial charge in [0.15, 0.2) is 5.76 Å². The molecule has 1 aromatic heterocycles. The Hall–Kier alpha value is -2.22. The third kappa shape index (κ3) is 5.77. The number of aliphatic carboxylic acids is 1. The number of piperidine rings is 1. The summed E-state index contributed by atoms with van der Waals surface area (Å²) < 4.78 is 11.1. The first-order valence-corrected chi connectivity index (χ1v) is 11.6. The van der Waals surface area contributed by atoms with E-state index in [2.05, 4.69) is 60.0 Å². The van der Waals surface area contributed by atoms with E-state index in [0.29, 0.717) is 19.0 Å². The lowest BCUT2D eigenvalue weighted by molar-refractivity contribution is -0.145. The smallest absolute Gasteiger partial charge is 0.307 e. The minimum absolute atomic E-state index is 0.0693. The van der Waals surface area contributed by atoms with Crippen LogP contribution in [0.3, 0.4) is 0 Å². The van der Waals surface area contributed by atoms with Crippen molar-refractivity contribution in [3.63, 3.8) is 0 Å². The van der Waals surface area contributed by atoms with Gasteiger partial charge in [-0.25, -0.2) is 0 Å². The second kappa shape index (κ2) is 9.73. The minimum Gasteiger partial charge on any atom is -0.481 e. The van der Waals surface area contributed by atoms with E-state index < -0.39 is 5.97 Å². The van der Waals surface area contributed by atoms with Crippen LogP contribution >= 0.6 is 0 Å². The second-order valence-electron chi connectivity index (χ2n) is 10.3. The van der Waals surface area contributed by atoms with Crippen molar-refractivity contribution in [1.29, 1.82) is 0 Å². The number of ether oxygens (including phenoxy) is 1. The normalized spacial score (nSPS) is 23.3. The Morgan fingerprint density at radius 1 is 1.12 bits per heavy atom. The molecule has 1 N–H and O–H groups in total. The van der Waals surface area contributed by atoms with Gasteiger partial charge in [0.2, 0.25) is 0 Å². The summed E-state index contributed by atoms with van der Waals surface area (Å²) in [6, 6.07) is 10.4. The van der Waals surface area contributed by atoms with Crippen LogP contribution in [-0.2, 0) is 22.6 Å². The van der Waals surface area contributed by atoms with Crippen LogP contribution in [0.4, 0.5) is 0 Å². The maximum absolute atomic E-state index is 11.7. The van der Waals surface area contributed by atoms with Gasteiger partial charge in [0.1, 0.15) is 5.69 Å². The third-order valence-corrected chi connectivity index (χ3v) is 6.77. The summed E-state index contributed by atoms with van der Waals surface area (Å²) in [6.45, 7) is 13.0. The first-order chi connectivity index (χ1) is 15.3. The van der Waals surface area contributed by atoms with E-state index in [1.165, 1.54) is 5.56 Å². The van der Waals surface area contributed by atoms with Crippen molar-refractivity contribution >= 4 is 5.97 Å². The molecule has 7 heteroatoms. The number of morpholine rings is 1. The molecule has 2 aromatic rings. The predicted molar refractivity (Wildman–Crippen MR) is 122 cm³/mol. The van der Waals surface area contributed by atoms with Crippen molar-refractivity contribution in [2.24, 2.45) is 17.3 Å². The quantitative estimate of drug-likeness (QED) is 0.731. The molecule has 2 atom stereocenters. The van der Waals surface area contributed by atoms with Crippen LogP contribution in [0.25, 0.3) is 11.3 Å². The molecule has 2 aliphatic heterocycles. The molecule has 32 heavy (non-hydrogen) atoms. The zero-order valence-corrected chi connectivity index (χ0v) is 19.4. The Kier molecular flexibility index (Phi) is 6.98. The number of rotatable bonds is 6. The zero-order chi connectivity index (χ0) is 22.7. The molecule has 174 valence electrons. The van der Waals surface area contributed by atoms with Gasteiger partial charge < -0.3 is 14.4 Å². The standard InChI is InChI=1S/C25H35N3O4/c1-25(2,3)21-12-20(24(29)30)15-28(16-21)17-22-13-23(26-32-22)19-6-4-5-18(11-19)14-27-7-9-31-10-8-27/h4-6,11,13,20-21H,7-10,12,14-17H2,1-3H3,(H,29,30). The van der Waals surface area contributed by atoms with Gasteiger partial charge >= 0.3 is 5.97 Å². The van der Waals surface area contributed by atoms with Crippen LogP contribution in [0.5, 0.6) is 0 Å². The van der Waals surface area contributed by atoms with E-state index in [9.17, 15) is 9.90 Å². The molecule has 0 saturated carbocycles. The van der Waals surface area contributed by atoms with Crippen LogP contribution in [0.15, 0.2) is 34.9 Å². The van der Waals surface area contributed by atoms with Crippen LogP contribution in [0.2, 0.25) is 0 Å². The SMILES string of the molecule is CC(C)(C)C1CC(C(=O)O)CN(Cc2cc(-c3cccc(CN4CCOCC4)c3)no2)C1. The maximum Gasteiger partial charge on any atom is 0.307 e. The van der Waals surface area contributed by atoms with Gasteiger partial charge in [0, 0.05) is 44.4 Å². The molecule has 4 rings (SSSR count). The van der Waals surface area contributed by atoms with E-state index in [1.54, 1.807) is 0 Å². The molecule has 1 aromatic carbocycles. The summed E-state index contributed by atoms with van der Waals surface area (Å²) in [5.74, 6) is 0.0559. The number of carboxylic acid groups (broad SMARTS) is 1. The molecule has 2 saturated heterocycles. The summed E-state index contributed by atoms with van der Waals surface area (Å²) in [6.07, 6.45) is 0.729. The Morgan fingerprint density at radius 3 is 2.62 bits per heavy atom. The van der Waals surface area contributed by atoms with E-state index in [4.69, 9.17) is 9.26 Å². The van der Waals surface area contributed by atoms with Crippen LogP contribution in [-0.4, -0.2) is 65.4 Å². The first kappa shape index (κ1) is 23.0. The molecular weight excluding hydrogens is 406 g/mol. The summed E-state index contributed by atoms with van der Waals surface area (Å²) in [5, 5.41) is 13.9. The van der Waals surface area contributed by atoms with Gasteiger partial charge in [-0.2, -0.15) is 0 Å². The lowest BCUT2D eigenvalue weighted by atomic mass is 9.73. The van der Waals surface area contributed by atoms with Crippen LogP contribution in [0.1, 0.15) is 38.5 Å². The summed E-state index contributed by atoms with van der Waals surface area (Å²) >= 11 is 0. The first-order valence-electron chi connectivity index (χ1n) is 11.6. The maximum atomic E-state index is 11.7. The molecule has 0 amide bonds. The monoisotopic (exact) mass is 441 g/mol. The highest BCUT2D eigenvalue weighted by Gasteiger charge is 2.37. The van der Waals surface area contributed by atoms with Crippen molar-refractivity contribution in [1.82, 2.24) is 15.0 Å². The Labute approximate surface area is 190 Å². The topological polar surface area (TPSA) is 79.0 Å². The highest BCUT2D eigenvalue weighted by atomic mass is 16.5. The van der Waals surface area contributed by atoms with Gasteiger partial charge in [0.25, 0.3) is 0 Å². The molecule has 0 spiro atoms. The van der Waals surface area contributed by atoms with E-state index >= 15 is 0 Å². The van der Waals surface area contributed by atoms with E-state index in [0.717, 1.165) is 62.8 Å². The lowest BCUT2D eigenvalue weighted by Gasteiger charge is -2.41. The highest BCUT2D eigenvalue weighted by Crippen LogP contribution is 2.36. The summed E-state index contributed by atoms with van der Waals surface area (Å²) in [5.41, 5.74) is 3.19. The second-order valence-corrected chi connectivity index (χ2v) is 10.3. The molecule has 2 aliphatic rings. The van der Waals surface area contributed by atoms with Gasteiger partial charge in [-0.1, -0.05) is 44.1 Å². The molecule has 0 bridgehead atoms. The van der Waals surface area contributed by atoms with E-state index in [-0.39, 0.29) is 11.3 Å². The highest BCUT2D eigenvalue weighted by molar-refractivity contribution is 5.70. The molecular formula is C25H35N3O4. The van der Waals surface area contributed by atoms with Crippen LogP contribution in [0, 0.1) is 17.3 Å². The van der Waals surface area contributed by atoms with Crippen LogP contribution < -0.4 is 0 Å². The van der Waals surface area contributed by atoms with Gasteiger partial charge in [-0.05, 0) is 29.4 Å². The third-order valence-electron chi connectivity index (χ3n) is 6.77. The molecule has 7 nitrogen and oxygen atoms in total. The number of nitrogens with zero attached hydrogens (tertiary/aromatic N) is 3. The molecule has 0 aliphatic carbocycles. The number of carbonyl (C=O) groups is 1. The predicted octanol–water partition coefficient (Wildman–Crippen LogP) is 3.74. The fourth-order valence-electron chi connectivity index (χ4n) is 4.72. The van der Waals surface area contributed by atoms with Gasteiger partial charge in [-0.3, -0.25) is 14.6 Å². The number of carboxylic acids is 1. The van der Waals surface area contributed by atoms with Crippen molar-refractivity contribution in [3.8, 4) is 11.3 Å². The molecule has 0 radical (unpaired) electrons. The van der Waals surface area contributed by atoms with Crippen molar-refractivity contribution in [2.75, 3.05) is 39.4 Å².